The highest BCUT2D eigenvalue weighted by Gasteiger charge is 2.20. The van der Waals surface area contributed by atoms with E-state index in [1.54, 1.807) is 0 Å². The molecule has 0 aromatic carbocycles. The van der Waals surface area contributed by atoms with E-state index in [-0.39, 0.29) is 6.79 Å². The number of aliphatic hydroxyl groups excluding tert-OH is 1. The average Bonchev–Trinajstić information content (AvgIpc) is 2.46. The molecular weight excluding hydrogens is 254 g/mol. The third-order valence-electron chi connectivity index (χ3n) is 3.69. The molecule has 0 atom stereocenters. The zero-order valence-corrected chi connectivity index (χ0v) is 12.5. The molecule has 2 heterocycles. The fourth-order valence-electron chi connectivity index (χ4n) is 2.61. The van der Waals surface area contributed by atoms with Gasteiger partial charge in [-0.3, -0.25) is 0 Å². The Morgan fingerprint density at radius 1 is 1.35 bits per heavy atom. The zero-order valence-electron chi connectivity index (χ0n) is 12.5. The zero-order chi connectivity index (χ0) is 14.4. The molecule has 1 aliphatic heterocycles. The number of hydrogen-bond donors (Lipinski definition) is 1. The van der Waals surface area contributed by atoms with E-state index < -0.39 is 0 Å². The van der Waals surface area contributed by atoms with Crippen molar-refractivity contribution in [2.24, 2.45) is 5.92 Å². The van der Waals surface area contributed by atoms with Crippen molar-refractivity contribution >= 4 is 5.82 Å². The Bertz CT molecular complexity index is 387. The van der Waals surface area contributed by atoms with Crippen molar-refractivity contribution in [3.63, 3.8) is 0 Å². The molecule has 1 aromatic heterocycles. The van der Waals surface area contributed by atoms with Crippen LogP contribution in [0.5, 0.6) is 0 Å². The lowest BCUT2D eigenvalue weighted by Gasteiger charge is -2.32. The van der Waals surface area contributed by atoms with Crippen LogP contribution in [0, 0.1) is 5.92 Å². The van der Waals surface area contributed by atoms with Crippen molar-refractivity contribution in [3.8, 4) is 0 Å². The molecule has 1 N–H and O–H groups in total. The number of nitrogens with zero attached hydrogens (tertiary/aromatic N) is 3. The van der Waals surface area contributed by atoms with Gasteiger partial charge in [-0.1, -0.05) is 6.07 Å². The Balaban J connectivity index is 1.84. The van der Waals surface area contributed by atoms with Gasteiger partial charge in [0.25, 0.3) is 0 Å². The summed E-state index contributed by atoms with van der Waals surface area (Å²) in [5.74, 6) is 1.63. The summed E-state index contributed by atoms with van der Waals surface area (Å²) in [4.78, 5) is 9.04. The van der Waals surface area contributed by atoms with Gasteiger partial charge in [0.15, 0.2) is 0 Å². The maximum Gasteiger partial charge on any atom is 0.143 e. The van der Waals surface area contributed by atoms with Gasteiger partial charge < -0.3 is 19.6 Å². The lowest BCUT2D eigenvalue weighted by molar-refractivity contribution is -0.0206. The van der Waals surface area contributed by atoms with E-state index in [2.05, 4.69) is 41.0 Å². The lowest BCUT2D eigenvalue weighted by atomic mass is 9.98. The van der Waals surface area contributed by atoms with Crippen LogP contribution < -0.4 is 4.90 Å². The number of hydrogen-bond acceptors (Lipinski definition) is 5. The molecule has 0 spiro atoms. The fourth-order valence-corrected chi connectivity index (χ4v) is 2.61. The molecule has 5 heteroatoms. The van der Waals surface area contributed by atoms with Gasteiger partial charge in [-0.2, -0.15) is 0 Å². The van der Waals surface area contributed by atoms with Gasteiger partial charge in [-0.05, 0) is 44.5 Å². The molecule has 1 aromatic rings. The molecule has 112 valence electrons. The Labute approximate surface area is 121 Å². The summed E-state index contributed by atoms with van der Waals surface area (Å²) < 4.78 is 5.08. The molecule has 1 fully saturated rings. The molecule has 0 unspecified atom stereocenters. The third kappa shape index (κ3) is 4.44. The number of anilines is 1. The van der Waals surface area contributed by atoms with Gasteiger partial charge in [0.2, 0.25) is 0 Å². The molecule has 0 saturated carbocycles. The first-order valence-electron chi connectivity index (χ1n) is 7.22. The maximum absolute atomic E-state index is 8.67. The van der Waals surface area contributed by atoms with Crippen molar-refractivity contribution in [1.29, 1.82) is 0 Å². The van der Waals surface area contributed by atoms with Crippen LogP contribution in [0.1, 0.15) is 18.4 Å². The van der Waals surface area contributed by atoms with E-state index in [0.717, 1.165) is 38.3 Å². The highest BCUT2D eigenvalue weighted by atomic mass is 16.6. The van der Waals surface area contributed by atoms with Crippen LogP contribution in [0.15, 0.2) is 18.3 Å². The Morgan fingerprint density at radius 2 is 2.10 bits per heavy atom. The highest BCUT2D eigenvalue weighted by Crippen LogP contribution is 2.22. The van der Waals surface area contributed by atoms with Gasteiger partial charge in [-0.15, -0.1) is 0 Å². The smallest absolute Gasteiger partial charge is 0.143 e. The minimum atomic E-state index is -0.172. The summed E-state index contributed by atoms with van der Waals surface area (Å²) in [6, 6.07) is 4.27. The van der Waals surface area contributed by atoms with Crippen molar-refractivity contribution in [3.05, 3.63) is 23.9 Å². The molecule has 2 rings (SSSR count). The number of aliphatic hydroxyl groups is 1. The summed E-state index contributed by atoms with van der Waals surface area (Å²) in [6.07, 6.45) is 4.17. The molecule has 0 aliphatic carbocycles. The van der Waals surface area contributed by atoms with E-state index in [9.17, 15) is 0 Å². The number of aromatic nitrogens is 1. The van der Waals surface area contributed by atoms with Crippen LogP contribution in [0.4, 0.5) is 5.82 Å². The topological polar surface area (TPSA) is 48.8 Å². The van der Waals surface area contributed by atoms with Crippen molar-refractivity contribution < 1.29 is 9.84 Å². The van der Waals surface area contributed by atoms with Crippen LogP contribution in [-0.2, 0) is 11.3 Å². The normalized spacial score (nSPS) is 16.9. The third-order valence-corrected chi connectivity index (χ3v) is 3.69. The van der Waals surface area contributed by atoms with E-state index >= 15 is 0 Å². The van der Waals surface area contributed by atoms with Crippen molar-refractivity contribution in [2.45, 2.75) is 19.4 Å². The van der Waals surface area contributed by atoms with Crippen molar-refractivity contribution in [1.82, 2.24) is 9.88 Å². The molecule has 0 radical (unpaired) electrons. The SMILES string of the molecule is CN(C)Cc1ccc(N2CCC(COCO)CC2)nc1. The Hall–Kier alpha value is -1.17. The summed E-state index contributed by atoms with van der Waals surface area (Å²) in [7, 11) is 4.13. The van der Waals surface area contributed by atoms with Gasteiger partial charge in [-0.25, -0.2) is 4.98 Å². The monoisotopic (exact) mass is 279 g/mol. The summed E-state index contributed by atoms with van der Waals surface area (Å²) in [5.41, 5.74) is 1.24. The van der Waals surface area contributed by atoms with Gasteiger partial charge >= 0.3 is 0 Å². The predicted octanol–water partition coefficient (Wildman–Crippen LogP) is 1.33. The first-order valence-corrected chi connectivity index (χ1v) is 7.22. The van der Waals surface area contributed by atoms with Crippen molar-refractivity contribution in [2.75, 3.05) is 45.5 Å². The molecule has 20 heavy (non-hydrogen) atoms. The van der Waals surface area contributed by atoms with Gasteiger partial charge in [0, 0.05) is 25.8 Å². The summed E-state index contributed by atoms with van der Waals surface area (Å²) >= 11 is 0. The minimum Gasteiger partial charge on any atom is -0.371 e. The van der Waals surface area contributed by atoms with E-state index in [0.29, 0.717) is 12.5 Å². The Kier molecular flexibility index (Phi) is 5.76. The van der Waals surface area contributed by atoms with E-state index in [1.807, 2.05) is 6.20 Å². The summed E-state index contributed by atoms with van der Waals surface area (Å²) in [5, 5.41) is 8.67. The lowest BCUT2D eigenvalue weighted by Crippen LogP contribution is -2.35. The first kappa shape index (κ1) is 15.2. The van der Waals surface area contributed by atoms with Crippen LogP contribution in [-0.4, -0.2) is 55.6 Å². The second-order valence-electron chi connectivity index (χ2n) is 5.69. The largest absolute Gasteiger partial charge is 0.371 e. The van der Waals surface area contributed by atoms with Crippen LogP contribution >= 0.6 is 0 Å². The fraction of sp³-hybridized carbons (Fsp3) is 0.667. The molecule has 0 amide bonds. The standard InChI is InChI=1S/C15H25N3O2/c1-17(2)10-14-3-4-15(16-9-14)18-7-5-13(6-8-18)11-20-12-19/h3-4,9,13,19H,5-8,10-12H2,1-2H3. The average molecular weight is 279 g/mol. The second kappa shape index (κ2) is 7.57. The Morgan fingerprint density at radius 3 is 2.65 bits per heavy atom. The number of pyridine rings is 1. The van der Waals surface area contributed by atoms with Crippen LogP contribution in [0.25, 0.3) is 0 Å². The molecule has 1 saturated heterocycles. The number of ether oxygens (including phenoxy) is 1. The first-order chi connectivity index (χ1) is 9.69. The van der Waals surface area contributed by atoms with Crippen LogP contribution in [0.3, 0.4) is 0 Å². The molecule has 5 nitrogen and oxygen atoms in total. The minimum absolute atomic E-state index is 0.172. The van der Waals surface area contributed by atoms with E-state index in [1.165, 1.54) is 5.56 Å². The maximum atomic E-state index is 8.67. The van der Waals surface area contributed by atoms with Crippen LogP contribution in [0.2, 0.25) is 0 Å². The van der Waals surface area contributed by atoms with Gasteiger partial charge in [0.05, 0.1) is 6.61 Å². The molecule has 1 aliphatic rings. The van der Waals surface area contributed by atoms with Gasteiger partial charge in [0.1, 0.15) is 12.6 Å². The van der Waals surface area contributed by atoms with E-state index in [4.69, 9.17) is 9.84 Å². The number of rotatable bonds is 6. The second-order valence-corrected chi connectivity index (χ2v) is 5.69. The predicted molar refractivity (Wildman–Crippen MR) is 79.6 cm³/mol. The summed E-state index contributed by atoms with van der Waals surface area (Å²) in [6.45, 7) is 3.45. The highest BCUT2D eigenvalue weighted by molar-refractivity contribution is 5.39. The quantitative estimate of drug-likeness (QED) is 0.796. The molecule has 0 bridgehead atoms. The molecular formula is C15H25N3O2. The number of piperidine rings is 1.